The van der Waals surface area contributed by atoms with Crippen LogP contribution in [0, 0.1) is 6.92 Å². The zero-order valence-electron chi connectivity index (χ0n) is 25.0. The van der Waals surface area contributed by atoms with Gasteiger partial charge in [-0.05, 0) is 59.9 Å². The average molecular weight is 676 g/mol. The van der Waals surface area contributed by atoms with Crippen LogP contribution in [0.15, 0.2) is 83.2 Å². The SMILES string of the molecule is Cc1ccc(C(C)C)c(N2/C(=N/C(=O)N/N=C/c3ccc(-c4ncn(-c5ccc(OC(F)(F)F)cc5)n4)cc3)SCC2C(F)(F)F)c1. The van der Waals surface area contributed by atoms with E-state index in [1.807, 2.05) is 19.9 Å². The molecule has 5 rings (SSSR count). The molecule has 1 unspecified atom stereocenters. The molecule has 47 heavy (non-hydrogen) atoms. The lowest BCUT2D eigenvalue weighted by atomic mass is 9.98. The molecule has 0 aliphatic carbocycles. The van der Waals surface area contributed by atoms with Crippen LogP contribution in [0.4, 0.5) is 36.8 Å². The summed E-state index contributed by atoms with van der Waals surface area (Å²) in [6.07, 6.45) is -6.59. The van der Waals surface area contributed by atoms with Gasteiger partial charge in [0.15, 0.2) is 11.0 Å². The van der Waals surface area contributed by atoms with Gasteiger partial charge in [-0.2, -0.15) is 23.3 Å². The first-order valence-electron chi connectivity index (χ1n) is 14.1. The number of carbonyl (C=O) groups is 1. The Morgan fingerprint density at radius 1 is 1.04 bits per heavy atom. The molecule has 1 aromatic heterocycles. The molecule has 0 spiro atoms. The van der Waals surface area contributed by atoms with Crippen molar-refractivity contribution in [3.63, 3.8) is 0 Å². The number of nitrogens with one attached hydrogen (secondary N) is 1. The monoisotopic (exact) mass is 675 g/mol. The summed E-state index contributed by atoms with van der Waals surface area (Å²) in [4.78, 5) is 21.9. The number of amides is 2. The molecule has 9 nitrogen and oxygen atoms in total. The summed E-state index contributed by atoms with van der Waals surface area (Å²) in [5.41, 5.74) is 5.75. The number of ether oxygens (including phenoxy) is 1. The fourth-order valence-electron chi connectivity index (χ4n) is 4.69. The molecule has 1 aliphatic rings. The number of thioether (sulfide) groups is 1. The number of anilines is 1. The summed E-state index contributed by atoms with van der Waals surface area (Å²) in [6.45, 7) is 5.56. The Morgan fingerprint density at radius 3 is 2.38 bits per heavy atom. The van der Waals surface area contributed by atoms with Gasteiger partial charge in [0.05, 0.1) is 11.9 Å². The number of aliphatic imine (C=N–C) groups is 1. The molecule has 0 radical (unpaired) electrons. The molecular weight excluding hydrogens is 648 g/mol. The predicted octanol–water partition coefficient (Wildman–Crippen LogP) is 7.85. The molecule has 1 saturated heterocycles. The van der Waals surface area contributed by atoms with Crippen molar-refractivity contribution in [1.29, 1.82) is 0 Å². The number of benzene rings is 3. The first-order chi connectivity index (χ1) is 22.2. The van der Waals surface area contributed by atoms with E-state index in [0.29, 0.717) is 33.9 Å². The lowest BCUT2D eigenvalue weighted by Gasteiger charge is -2.30. The first kappa shape index (κ1) is 33.5. The quantitative estimate of drug-likeness (QED) is 0.122. The molecule has 3 aromatic carbocycles. The highest BCUT2D eigenvalue weighted by atomic mass is 32.2. The second-order valence-electron chi connectivity index (χ2n) is 10.7. The van der Waals surface area contributed by atoms with Crippen LogP contribution in [0.5, 0.6) is 5.75 Å². The van der Waals surface area contributed by atoms with Crippen LogP contribution in [0.3, 0.4) is 0 Å². The number of hydrogen-bond acceptors (Lipinski definition) is 6. The van der Waals surface area contributed by atoms with Gasteiger partial charge in [-0.25, -0.2) is 19.9 Å². The zero-order valence-corrected chi connectivity index (χ0v) is 25.9. The van der Waals surface area contributed by atoms with Crippen molar-refractivity contribution < 1.29 is 35.9 Å². The highest BCUT2D eigenvalue weighted by Gasteiger charge is 2.50. The predicted molar refractivity (Wildman–Crippen MR) is 167 cm³/mol. The van der Waals surface area contributed by atoms with Gasteiger partial charge in [0, 0.05) is 17.0 Å². The average Bonchev–Trinajstić information content (AvgIpc) is 3.65. The van der Waals surface area contributed by atoms with Gasteiger partial charge in [0.1, 0.15) is 18.1 Å². The van der Waals surface area contributed by atoms with Crippen molar-refractivity contribution in [3.8, 4) is 22.8 Å². The van der Waals surface area contributed by atoms with E-state index in [9.17, 15) is 31.1 Å². The molecule has 1 aliphatic heterocycles. The van der Waals surface area contributed by atoms with E-state index in [1.54, 1.807) is 43.3 Å². The standard InChI is InChI=1S/C31H27F6N7O2S/c1-18(2)24-13-4-19(3)14-25(24)44-26(30(32,33)34)16-47-29(44)40-28(45)41-39-15-20-5-7-21(8-6-20)27-38-17-43(42-27)22-9-11-23(12-10-22)46-31(35,36)37/h4-15,17-18,26H,16H2,1-3H3,(H,41,45)/b39-15+,40-29-. The Balaban J connectivity index is 1.25. The number of urea groups is 1. The number of aromatic nitrogens is 3. The van der Waals surface area contributed by atoms with Gasteiger partial charge in [-0.1, -0.05) is 62.0 Å². The van der Waals surface area contributed by atoms with E-state index in [1.165, 1.54) is 29.4 Å². The van der Waals surface area contributed by atoms with Crippen molar-refractivity contribution in [2.45, 2.75) is 45.3 Å². The van der Waals surface area contributed by atoms with Gasteiger partial charge in [0.2, 0.25) is 0 Å². The lowest BCUT2D eigenvalue weighted by molar-refractivity contribution is -0.274. The van der Waals surface area contributed by atoms with E-state index in [-0.39, 0.29) is 22.6 Å². The Labute approximate surface area is 269 Å². The summed E-state index contributed by atoms with van der Waals surface area (Å²) in [6, 6.07) is 14.4. The maximum absolute atomic E-state index is 14.0. The molecule has 0 saturated carbocycles. The summed E-state index contributed by atoms with van der Waals surface area (Å²) in [7, 11) is 0. The molecule has 1 atom stereocenters. The Morgan fingerprint density at radius 2 is 1.74 bits per heavy atom. The Kier molecular flexibility index (Phi) is 9.60. The normalized spacial score (nSPS) is 16.4. The van der Waals surface area contributed by atoms with Gasteiger partial charge in [-0.15, -0.1) is 18.3 Å². The van der Waals surface area contributed by atoms with Crippen LogP contribution in [0.25, 0.3) is 17.1 Å². The molecule has 0 bridgehead atoms. The second-order valence-corrected chi connectivity index (χ2v) is 11.7. The van der Waals surface area contributed by atoms with Crippen LogP contribution < -0.4 is 15.1 Å². The number of amidine groups is 1. The third kappa shape index (κ3) is 8.30. The summed E-state index contributed by atoms with van der Waals surface area (Å²) < 4.78 is 84.5. The van der Waals surface area contributed by atoms with Crippen LogP contribution >= 0.6 is 11.8 Å². The van der Waals surface area contributed by atoms with E-state index < -0.39 is 24.6 Å². The maximum Gasteiger partial charge on any atom is 0.573 e. The van der Waals surface area contributed by atoms with Gasteiger partial charge in [-0.3, -0.25) is 0 Å². The molecule has 1 N–H and O–H groups in total. The number of halogens is 6. The van der Waals surface area contributed by atoms with Gasteiger partial charge in [0.25, 0.3) is 0 Å². The zero-order chi connectivity index (χ0) is 33.9. The van der Waals surface area contributed by atoms with Crippen LogP contribution in [0.2, 0.25) is 0 Å². The van der Waals surface area contributed by atoms with Gasteiger partial charge >= 0.3 is 18.6 Å². The van der Waals surface area contributed by atoms with Crippen LogP contribution in [-0.4, -0.2) is 56.5 Å². The van der Waals surface area contributed by atoms with Crippen molar-refractivity contribution in [2.24, 2.45) is 10.1 Å². The van der Waals surface area contributed by atoms with Crippen molar-refractivity contribution in [2.75, 3.05) is 10.7 Å². The smallest absolute Gasteiger partial charge is 0.406 e. The largest absolute Gasteiger partial charge is 0.573 e. The highest BCUT2D eigenvalue weighted by Crippen LogP contribution is 2.41. The molecular formula is C31H27F6N7O2S. The summed E-state index contributed by atoms with van der Waals surface area (Å²) in [5.74, 6) is -0.393. The second kappa shape index (κ2) is 13.5. The van der Waals surface area contributed by atoms with Crippen LogP contribution in [0.1, 0.15) is 36.5 Å². The lowest BCUT2D eigenvalue weighted by Crippen LogP contribution is -2.45. The van der Waals surface area contributed by atoms with Gasteiger partial charge < -0.3 is 9.64 Å². The summed E-state index contributed by atoms with van der Waals surface area (Å²) in [5, 5.41) is 8.16. The van der Waals surface area contributed by atoms with E-state index in [0.717, 1.165) is 34.4 Å². The van der Waals surface area contributed by atoms with E-state index in [2.05, 4.69) is 30.3 Å². The fourth-order valence-corrected chi connectivity index (χ4v) is 5.85. The summed E-state index contributed by atoms with van der Waals surface area (Å²) >= 11 is 0.850. The molecule has 2 heterocycles. The molecule has 246 valence electrons. The van der Waals surface area contributed by atoms with Crippen molar-refractivity contribution in [3.05, 3.63) is 89.7 Å². The highest BCUT2D eigenvalue weighted by molar-refractivity contribution is 8.14. The van der Waals surface area contributed by atoms with Crippen LogP contribution in [-0.2, 0) is 0 Å². The molecule has 16 heteroatoms. The minimum Gasteiger partial charge on any atom is -0.406 e. The number of nitrogens with zero attached hydrogens (tertiary/aromatic N) is 6. The van der Waals surface area contributed by atoms with Crippen molar-refractivity contribution >= 4 is 34.9 Å². The maximum atomic E-state index is 14.0. The minimum atomic E-state index is -4.79. The topological polar surface area (TPSA) is 97.0 Å². The number of aryl methyl sites for hydroxylation is 1. The number of alkyl halides is 6. The number of rotatable bonds is 7. The number of hydrazone groups is 1. The molecule has 1 fully saturated rings. The Hall–Kier alpha value is -4.86. The Bertz CT molecular complexity index is 1790. The third-order valence-corrected chi connectivity index (χ3v) is 7.93. The number of hydrogen-bond donors (Lipinski definition) is 1. The number of carbonyl (C=O) groups excluding carboxylic acids is 1. The van der Waals surface area contributed by atoms with E-state index in [4.69, 9.17) is 0 Å². The fraction of sp³-hybridized carbons (Fsp3) is 0.258. The van der Waals surface area contributed by atoms with E-state index >= 15 is 0 Å². The third-order valence-electron chi connectivity index (χ3n) is 6.90. The first-order valence-corrected chi connectivity index (χ1v) is 15.1. The minimum absolute atomic E-state index is 0.0647. The molecule has 4 aromatic rings. The van der Waals surface area contributed by atoms with Crippen molar-refractivity contribution in [1.82, 2.24) is 20.2 Å². The molecule has 2 amide bonds.